The van der Waals surface area contributed by atoms with Gasteiger partial charge in [-0.2, -0.15) is 5.26 Å². The molecule has 0 saturated heterocycles. The van der Waals surface area contributed by atoms with Crippen molar-refractivity contribution < 1.29 is 0 Å². The molecule has 3 aromatic rings. The van der Waals surface area contributed by atoms with Crippen molar-refractivity contribution in [3.05, 3.63) is 67.9 Å². The van der Waals surface area contributed by atoms with Gasteiger partial charge in [-0.3, -0.25) is 9.36 Å². The Kier molecular flexibility index (Phi) is 6.36. The molecule has 0 aliphatic rings. The highest BCUT2D eigenvalue weighted by Gasteiger charge is 2.13. The van der Waals surface area contributed by atoms with Gasteiger partial charge in [-0.15, -0.1) is 0 Å². The zero-order valence-electron chi connectivity index (χ0n) is 13.8. The molecule has 0 N–H and O–H groups in total. The predicted octanol–water partition coefficient (Wildman–Crippen LogP) is 5.26. The maximum Gasteiger partial charge on any atom is 0.262 e. The quantitative estimate of drug-likeness (QED) is 0.293. The Balaban J connectivity index is 2.07. The van der Waals surface area contributed by atoms with Crippen LogP contribution >= 0.6 is 39.3 Å². The van der Waals surface area contributed by atoms with Gasteiger partial charge in [0.15, 0.2) is 5.16 Å². The summed E-state index contributed by atoms with van der Waals surface area (Å²) in [5.74, 6) is 0.727. The highest BCUT2D eigenvalue weighted by molar-refractivity contribution is 9.10. The molecule has 1 aromatic heterocycles. The summed E-state index contributed by atoms with van der Waals surface area (Å²) in [6.45, 7) is 0.356. The lowest BCUT2D eigenvalue weighted by Crippen LogP contribution is -2.24. The van der Waals surface area contributed by atoms with E-state index in [1.807, 2.05) is 36.4 Å². The maximum absolute atomic E-state index is 13.1. The minimum Gasteiger partial charge on any atom is -0.283 e. The Hall–Kier alpha value is -1.81. The highest BCUT2D eigenvalue weighted by atomic mass is 79.9. The van der Waals surface area contributed by atoms with E-state index in [0.29, 0.717) is 34.0 Å². The van der Waals surface area contributed by atoms with Crippen LogP contribution in [0.5, 0.6) is 0 Å². The molecule has 4 nitrogen and oxygen atoms in total. The van der Waals surface area contributed by atoms with Gasteiger partial charge in [-0.05, 0) is 36.2 Å². The Morgan fingerprint density at radius 1 is 1.27 bits per heavy atom. The molecule has 26 heavy (non-hydrogen) atoms. The highest BCUT2D eigenvalue weighted by Crippen LogP contribution is 2.23. The fraction of sp³-hybridized carbons (Fsp3) is 0.211. The number of rotatable bonds is 6. The smallest absolute Gasteiger partial charge is 0.262 e. The van der Waals surface area contributed by atoms with E-state index in [4.69, 9.17) is 16.9 Å². The van der Waals surface area contributed by atoms with Crippen molar-refractivity contribution in [3.8, 4) is 6.07 Å². The van der Waals surface area contributed by atoms with Crippen molar-refractivity contribution in [1.82, 2.24) is 9.55 Å². The third-order valence-corrected chi connectivity index (χ3v) is 5.76. The molecule has 3 rings (SSSR count). The maximum atomic E-state index is 13.1. The topological polar surface area (TPSA) is 58.7 Å². The van der Waals surface area contributed by atoms with Gasteiger partial charge < -0.3 is 0 Å². The largest absolute Gasteiger partial charge is 0.283 e. The lowest BCUT2D eigenvalue weighted by molar-refractivity contribution is 0.658. The number of unbranched alkanes of at least 4 members (excludes halogenated alkanes) is 1. The van der Waals surface area contributed by atoms with Crippen molar-refractivity contribution in [3.63, 3.8) is 0 Å². The molecule has 0 radical (unpaired) electrons. The van der Waals surface area contributed by atoms with E-state index in [2.05, 4.69) is 27.0 Å². The van der Waals surface area contributed by atoms with Crippen LogP contribution in [0.15, 0.2) is 56.9 Å². The Morgan fingerprint density at radius 3 is 2.85 bits per heavy atom. The Bertz CT molecular complexity index is 1050. The lowest BCUT2D eigenvalue weighted by Gasteiger charge is -2.14. The second kappa shape index (κ2) is 8.72. The zero-order chi connectivity index (χ0) is 18.5. The van der Waals surface area contributed by atoms with Gasteiger partial charge in [0.05, 0.1) is 23.5 Å². The van der Waals surface area contributed by atoms with E-state index in [-0.39, 0.29) is 5.56 Å². The molecule has 0 aliphatic carbocycles. The standard InChI is InChI=1S/C19H15BrClN3OS/c20-14-7-8-17-15(11-14)18(25)24(12-13-5-1-2-6-16(13)21)19(23-17)26-10-4-3-9-22/h1-2,5-8,11H,3-4,10,12H2. The van der Waals surface area contributed by atoms with Crippen LogP contribution in [-0.4, -0.2) is 15.3 Å². The van der Waals surface area contributed by atoms with E-state index in [0.717, 1.165) is 22.2 Å². The Morgan fingerprint density at radius 2 is 2.08 bits per heavy atom. The minimum atomic E-state index is -0.0981. The van der Waals surface area contributed by atoms with Crippen molar-refractivity contribution in [2.75, 3.05) is 5.75 Å². The molecule has 0 bridgehead atoms. The molecular formula is C19H15BrClN3OS. The third kappa shape index (κ3) is 4.29. The molecule has 0 amide bonds. The molecule has 7 heteroatoms. The van der Waals surface area contributed by atoms with Gasteiger partial charge in [0, 0.05) is 21.7 Å². The molecule has 132 valence electrons. The molecule has 0 aliphatic heterocycles. The van der Waals surface area contributed by atoms with Crippen LogP contribution in [0.4, 0.5) is 0 Å². The summed E-state index contributed by atoms with van der Waals surface area (Å²) < 4.78 is 2.50. The molecule has 0 fully saturated rings. The zero-order valence-corrected chi connectivity index (χ0v) is 16.9. The monoisotopic (exact) mass is 447 g/mol. The molecular weight excluding hydrogens is 434 g/mol. The molecule has 0 unspecified atom stereocenters. The summed E-state index contributed by atoms with van der Waals surface area (Å²) in [5.41, 5.74) is 1.43. The predicted molar refractivity (Wildman–Crippen MR) is 110 cm³/mol. The first-order chi connectivity index (χ1) is 12.6. The SMILES string of the molecule is N#CCCCSc1nc2ccc(Br)cc2c(=O)n1Cc1ccccc1Cl. The van der Waals surface area contributed by atoms with Crippen LogP contribution in [0.1, 0.15) is 18.4 Å². The number of benzene rings is 2. The summed E-state index contributed by atoms with van der Waals surface area (Å²) >= 11 is 11.2. The fourth-order valence-electron chi connectivity index (χ4n) is 2.53. The first-order valence-electron chi connectivity index (χ1n) is 8.03. The Labute approximate surface area is 168 Å². The number of thioether (sulfide) groups is 1. The normalized spacial score (nSPS) is 10.8. The number of nitriles is 1. The minimum absolute atomic E-state index is 0.0981. The average Bonchev–Trinajstić information content (AvgIpc) is 2.64. The van der Waals surface area contributed by atoms with Crippen LogP contribution in [0.25, 0.3) is 10.9 Å². The van der Waals surface area contributed by atoms with E-state index in [1.165, 1.54) is 11.8 Å². The van der Waals surface area contributed by atoms with E-state index in [9.17, 15) is 4.79 Å². The van der Waals surface area contributed by atoms with Gasteiger partial charge in [-0.25, -0.2) is 4.98 Å². The van der Waals surface area contributed by atoms with Gasteiger partial charge in [0.2, 0.25) is 0 Å². The van der Waals surface area contributed by atoms with Crippen LogP contribution in [0, 0.1) is 11.3 Å². The number of halogens is 2. The van der Waals surface area contributed by atoms with Gasteiger partial charge in [-0.1, -0.05) is 57.5 Å². The molecule has 2 aromatic carbocycles. The van der Waals surface area contributed by atoms with Crippen molar-refractivity contribution >= 4 is 50.2 Å². The van der Waals surface area contributed by atoms with Crippen molar-refractivity contribution in [1.29, 1.82) is 5.26 Å². The number of aromatic nitrogens is 2. The number of hydrogen-bond acceptors (Lipinski definition) is 4. The molecule has 0 spiro atoms. The van der Waals surface area contributed by atoms with E-state index in [1.54, 1.807) is 10.6 Å². The first kappa shape index (κ1) is 19.0. The van der Waals surface area contributed by atoms with Gasteiger partial charge in [0.25, 0.3) is 5.56 Å². The summed E-state index contributed by atoms with van der Waals surface area (Å²) in [5, 5.41) is 10.5. The van der Waals surface area contributed by atoms with E-state index >= 15 is 0 Å². The fourth-order valence-corrected chi connectivity index (χ4v) is 4.03. The first-order valence-corrected chi connectivity index (χ1v) is 10.2. The molecule has 0 saturated carbocycles. The molecule has 1 heterocycles. The van der Waals surface area contributed by atoms with Crippen molar-refractivity contribution in [2.24, 2.45) is 0 Å². The van der Waals surface area contributed by atoms with Crippen LogP contribution in [-0.2, 0) is 6.54 Å². The van der Waals surface area contributed by atoms with Crippen LogP contribution in [0.3, 0.4) is 0 Å². The summed E-state index contributed by atoms with van der Waals surface area (Å²) in [7, 11) is 0. The summed E-state index contributed by atoms with van der Waals surface area (Å²) in [6.07, 6.45) is 1.24. The second-order valence-electron chi connectivity index (χ2n) is 5.65. The van der Waals surface area contributed by atoms with Crippen molar-refractivity contribution in [2.45, 2.75) is 24.5 Å². The second-order valence-corrected chi connectivity index (χ2v) is 8.03. The summed E-state index contributed by atoms with van der Waals surface area (Å²) in [6, 6.07) is 15.1. The number of nitrogens with zero attached hydrogens (tertiary/aromatic N) is 3. The lowest BCUT2D eigenvalue weighted by atomic mass is 10.2. The number of hydrogen-bond donors (Lipinski definition) is 0. The van der Waals surface area contributed by atoms with Gasteiger partial charge in [0.1, 0.15) is 0 Å². The average molecular weight is 449 g/mol. The summed E-state index contributed by atoms with van der Waals surface area (Å²) in [4.78, 5) is 17.8. The molecule has 0 atom stereocenters. The van der Waals surface area contributed by atoms with E-state index < -0.39 is 0 Å². The van der Waals surface area contributed by atoms with Crippen LogP contribution in [0.2, 0.25) is 5.02 Å². The van der Waals surface area contributed by atoms with Crippen LogP contribution < -0.4 is 5.56 Å². The van der Waals surface area contributed by atoms with Gasteiger partial charge >= 0.3 is 0 Å². The third-order valence-electron chi connectivity index (χ3n) is 3.83. The number of fused-ring (bicyclic) bond motifs is 1.